The van der Waals surface area contributed by atoms with Crippen LogP contribution in [0.25, 0.3) is 0 Å². The van der Waals surface area contributed by atoms with Crippen molar-refractivity contribution in [2.45, 2.75) is 0 Å². The zero-order chi connectivity index (χ0) is 11.2. The smallest absolute Gasteiger partial charge is 0.246 e. The minimum Gasteiger partial charge on any atom is -0.267 e. The largest absolute Gasteiger partial charge is 0.267 e. The molecule has 0 amide bonds. The van der Waals surface area contributed by atoms with Crippen LogP contribution in [0.1, 0.15) is 5.56 Å². The number of nitrogens with zero attached hydrogens (tertiary/aromatic N) is 3. The summed E-state index contributed by atoms with van der Waals surface area (Å²) >= 11 is 0. The Hall–Kier alpha value is -1.65. The van der Waals surface area contributed by atoms with Crippen LogP contribution in [0, 0.1) is 0 Å². The van der Waals surface area contributed by atoms with E-state index in [2.05, 4.69) is 35.7 Å². The number of rotatable bonds is 1. The van der Waals surface area contributed by atoms with Crippen molar-refractivity contribution in [3.63, 3.8) is 0 Å². The predicted octanol–water partition coefficient (Wildman–Crippen LogP) is 1.10. The van der Waals surface area contributed by atoms with Crippen molar-refractivity contribution in [2.24, 2.45) is 5.10 Å². The second-order valence-electron chi connectivity index (χ2n) is 4.47. The molecule has 1 unspecified atom stereocenters. The van der Waals surface area contributed by atoms with E-state index in [1.165, 1.54) is 5.56 Å². The van der Waals surface area contributed by atoms with Crippen LogP contribution in [0.15, 0.2) is 47.3 Å². The molecule has 2 heterocycles. The monoisotopic (exact) mass is 215 g/mol. The third-order valence-electron chi connectivity index (χ3n) is 2.98. The average Bonchev–Trinajstić information content (AvgIpc) is 2.70. The lowest BCUT2D eigenvalue weighted by Crippen LogP contribution is -2.34. The summed E-state index contributed by atoms with van der Waals surface area (Å²) in [7, 11) is 4.14. The second kappa shape index (κ2) is 3.17. The quantitative estimate of drug-likeness (QED) is 0.710. The molecule has 1 atom stereocenters. The molecular weight excluding hydrogens is 200 g/mol. The normalized spacial score (nSPS) is 28.4. The topological polar surface area (TPSA) is 27.6 Å². The maximum Gasteiger partial charge on any atom is 0.246 e. The molecule has 0 radical (unpaired) electrons. The van der Waals surface area contributed by atoms with Gasteiger partial charge in [0.1, 0.15) is 12.8 Å². The van der Waals surface area contributed by atoms with Gasteiger partial charge in [-0.1, -0.05) is 35.4 Å². The molecule has 1 aromatic rings. The molecule has 1 N–H and O–H groups in total. The Labute approximate surface area is 95.0 Å². The van der Waals surface area contributed by atoms with Crippen LogP contribution in [-0.4, -0.2) is 36.1 Å². The van der Waals surface area contributed by atoms with Gasteiger partial charge in [-0.3, -0.25) is 5.43 Å². The van der Waals surface area contributed by atoms with E-state index in [4.69, 9.17) is 5.10 Å². The first-order valence-electron chi connectivity index (χ1n) is 5.39. The standard InChI is InChI=1S/C12H15N4/c1-15-9-16(2)12(13-15)8-11(14-16)10-6-4-3-5-7-10/h3-8,13H,9H2,1-2H3/q+1. The van der Waals surface area contributed by atoms with E-state index in [0.29, 0.717) is 4.59 Å². The Morgan fingerprint density at radius 2 is 2.06 bits per heavy atom. The number of fused-ring (bicyclic) bond motifs is 1. The van der Waals surface area contributed by atoms with Crippen LogP contribution in [0.5, 0.6) is 0 Å². The third-order valence-corrected chi connectivity index (χ3v) is 2.98. The van der Waals surface area contributed by atoms with Crippen molar-refractivity contribution < 1.29 is 4.59 Å². The molecule has 3 rings (SSSR count). The fraction of sp³-hybridized carbons (Fsp3) is 0.250. The Bertz CT molecular complexity index is 477. The van der Waals surface area contributed by atoms with E-state index in [0.717, 1.165) is 18.2 Å². The summed E-state index contributed by atoms with van der Waals surface area (Å²) < 4.78 is 0.598. The lowest BCUT2D eigenvalue weighted by molar-refractivity contribution is -0.873. The molecule has 16 heavy (non-hydrogen) atoms. The molecule has 2 aliphatic heterocycles. The summed E-state index contributed by atoms with van der Waals surface area (Å²) in [6, 6.07) is 10.3. The van der Waals surface area contributed by atoms with Crippen molar-refractivity contribution in [2.75, 3.05) is 20.8 Å². The number of nitrogens with one attached hydrogen (secondary N) is 1. The summed E-state index contributed by atoms with van der Waals surface area (Å²) in [4.78, 5) is 0. The van der Waals surface area contributed by atoms with E-state index < -0.39 is 0 Å². The maximum absolute atomic E-state index is 4.76. The van der Waals surface area contributed by atoms with E-state index in [1.807, 2.05) is 25.2 Å². The number of hydrazine groups is 1. The van der Waals surface area contributed by atoms with E-state index >= 15 is 0 Å². The molecule has 0 spiro atoms. The van der Waals surface area contributed by atoms with Crippen LogP contribution >= 0.6 is 0 Å². The summed E-state index contributed by atoms with van der Waals surface area (Å²) in [5, 5.41) is 6.81. The summed E-state index contributed by atoms with van der Waals surface area (Å²) in [6.45, 7) is 0.863. The SMILES string of the molecule is CN1C[N+]2(C)N=C(c3ccccc3)C=C2N1. The Morgan fingerprint density at radius 1 is 1.31 bits per heavy atom. The van der Waals surface area contributed by atoms with Gasteiger partial charge in [-0.05, 0) is 0 Å². The van der Waals surface area contributed by atoms with Gasteiger partial charge in [0.2, 0.25) is 5.82 Å². The van der Waals surface area contributed by atoms with Gasteiger partial charge in [0, 0.05) is 12.6 Å². The zero-order valence-electron chi connectivity index (χ0n) is 9.51. The summed E-state index contributed by atoms with van der Waals surface area (Å²) in [5.41, 5.74) is 5.54. The van der Waals surface area contributed by atoms with Crippen LogP contribution < -0.4 is 5.43 Å². The molecule has 1 aromatic carbocycles. The number of allylic oxidation sites excluding steroid dienone is 1. The Morgan fingerprint density at radius 3 is 2.75 bits per heavy atom. The van der Waals surface area contributed by atoms with Gasteiger partial charge in [-0.2, -0.15) is 5.01 Å². The van der Waals surface area contributed by atoms with Crippen molar-refractivity contribution in [1.82, 2.24) is 10.4 Å². The fourth-order valence-electron chi connectivity index (χ4n) is 2.23. The van der Waals surface area contributed by atoms with Crippen molar-refractivity contribution >= 4 is 5.71 Å². The van der Waals surface area contributed by atoms with Gasteiger partial charge in [0.15, 0.2) is 6.67 Å². The van der Waals surface area contributed by atoms with Crippen molar-refractivity contribution in [3.8, 4) is 0 Å². The van der Waals surface area contributed by atoms with E-state index in [1.54, 1.807) is 0 Å². The van der Waals surface area contributed by atoms with E-state index in [9.17, 15) is 0 Å². The molecular formula is C12H15N4+. The van der Waals surface area contributed by atoms with Crippen molar-refractivity contribution in [1.29, 1.82) is 0 Å². The van der Waals surface area contributed by atoms with E-state index in [-0.39, 0.29) is 0 Å². The Balaban J connectivity index is 1.98. The minimum atomic E-state index is 0.598. The van der Waals surface area contributed by atoms with Gasteiger partial charge in [0.25, 0.3) is 0 Å². The van der Waals surface area contributed by atoms with Gasteiger partial charge in [-0.15, -0.1) is 4.59 Å². The summed E-state index contributed by atoms with van der Waals surface area (Å²) in [6.07, 6.45) is 2.12. The average molecular weight is 215 g/mol. The molecule has 0 aliphatic carbocycles. The van der Waals surface area contributed by atoms with Gasteiger partial charge >= 0.3 is 0 Å². The number of hydrogen-bond acceptors (Lipinski definition) is 3. The number of hydrogen-bond donors (Lipinski definition) is 1. The Kier molecular flexibility index (Phi) is 1.89. The van der Waals surface area contributed by atoms with Crippen LogP contribution in [-0.2, 0) is 0 Å². The second-order valence-corrected chi connectivity index (χ2v) is 4.47. The molecule has 1 saturated heterocycles. The molecule has 0 saturated carbocycles. The summed E-state index contributed by atoms with van der Waals surface area (Å²) in [5.74, 6) is 1.14. The first kappa shape index (κ1) is 9.57. The molecule has 4 nitrogen and oxygen atoms in total. The van der Waals surface area contributed by atoms with Gasteiger partial charge in [-0.25, -0.2) is 0 Å². The van der Waals surface area contributed by atoms with Crippen molar-refractivity contribution in [3.05, 3.63) is 47.8 Å². The highest BCUT2D eigenvalue weighted by Crippen LogP contribution is 2.27. The molecule has 0 aromatic heterocycles. The molecule has 4 heteroatoms. The molecule has 2 aliphatic rings. The number of benzene rings is 1. The predicted molar refractivity (Wildman–Crippen MR) is 63.0 cm³/mol. The highest BCUT2D eigenvalue weighted by atomic mass is 15.8. The first-order chi connectivity index (χ1) is 7.67. The highest BCUT2D eigenvalue weighted by Gasteiger charge is 2.42. The molecule has 1 fully saturated rings. The number of quaternary nitrogens is 1. The van der Waals surface area contributed by atoms with Gasteiger partial charge in [0.05, 0.1) is 6.08 Å². The lowest BCUT2D eigenvalue weighted by atomic mass is 10.1. The van der Waals surface area contributed by atoms with Crippen LogP contribution in [0.2, 0.25) is 0 Å². The first-order valence-corrected chi connectivity index (χ1v) is 5.39. The van der Waals surface area contributed by atoms with Crippen LogP contribution in [0.3, 0.4) is 0 Å². The fourth-order valence-corrected chi connectivity index (χ4v) is 2.23. The van der Waals surface area contributed by atoms with Gasteiger partial charge < -0.3 is 0 Å². The zero-order valence-corrected chi connectivity index (χ0v) is 9.51. The molecule has 82 valence electrons. The van der Waals surface area contributed by atoms with Crippen LogP contribution in [0.4, 0.5) is 0 Å². The minimum absolute atomic E-state index is 0.598. The third kappa shape index (κ3) is 1.35. The molecule has 0 bridgehead atoms. The maximum atomic E-state index is 4.76. The lowest BCUT2D eigenvalue weighted by Gasteiger charge is -2.16. The highest BCUT2D eigenvalue weighted by molar-refractivity contribution is 6.09.